The fourth-order valence-corrected chi connectivity index (χ4v) is 3.02. The van der Waals surface area contributed by atoms with Gasteiger partial charge in [-0.25, -0.2) is 0 Å². The molecule has 0 radical (unpaired) electrons. The highest BCUT2D eigenvalue weighted by Crippen LogP contribution is 2.21. The number of thiophene rings is 1. The van der Waals surface area contributed by atoms with Gasteiger partial charge in [0.1, 0.15) is 6.10 Å². The summed E-state index contributed by atoms with van der Waals surface area (Å²) in [5.41, 5.74) is 2.03. The normalized spacial score (nSPS) is 12.0. The maximum absolute atomic E-state index is 12.3. The van der Waals surface area contributed by atoms with Gasteiger partial charge in [0, 0.05) is 18.2 Å². The first-order chi connectivity index (χ1) is 12.3. The van der Waals surface area contributed by atoms with Crippen molar-refractivity contribution in [2.75, 3.05) is 19.8 Å². The summed E-state index contributed by atoms with van der Waals surface area (Å²) < 4.78 is 10.8. The standard InChI is InChI=1S/C18H18N2O4S/c21-7-8-23-17(14-6-9-25-12-14)11-19-18(22)15-10-16(24-20-15)13-4-2-1-3-5-13/h1-6,9-10,12,17,21H,7-8,11H2,(H,19,22). The van der Waals surface area contributed by atoms with E-state index in [4.69, 9.17) is 14.4 Å². The lowest BCUT2D eigenvalue weighted by Gasteiger charge is -2.16. The number of hydrogen-bond donors (Lipinski definition) is 2. The molecule has 2 N–H and O–H groups in total. The molecule has 0 fully saturated rings. The molecule has 1 aromatic carbocycles. The van der Waals surface area contributed by atoms with Gasteiger partial charge in [0.15, 0.2) is 11.5 Å². The largest absolute Gasteiger partial charge is 0.394 e. The minimum atomic E-state index is -0.334. The van der Waals surface area contributed by atoms with Crippen molar-refractivity contribution in [2.45, 2.75) is 6.10 Å². The number of carbonyl (C=O) groups is 1. The van der Waals surface area contributed by atoms with E-state index < -0.39 is 0 Å². The van der Waals surface area contributed by atoms with E-state index in [9.17, 15) is 4.79 Å². The van der Waals surface area contributed by atoms with Crippen LogP contribution in [0, 0.1) is 0 Å². The van der Waals surface area contributed by atoms with Crippen molar-refractivity contribution >= 4 is 17.2 Å². The van der Waals surface area contributed by atoms with Crippen molar-refractivity contribution in [3.05, 3.63) is 64.5 Å². The molecule has 2 heterocycles. The lowest BCUT2D eigenvalue weighted by Crippen LogP contribution is -2.30. The topological polar surface area (TPSA) is 84.6 Å². The second-order valence-electron chi connectivity index (χ2n) is 5.29. The molecule has 0 aliphatic heterocycles. The van der Waals surface area contributed by atoms with E-state index >= 15 is 0 Å². The monoisotopic (exact) mass is 358 g/mol. The van der Waals surface area contributed by atoms with Crippen molar-refractivity contribution in [1.29, 1.82) is 0 Å². The number of benzene rings is 1. The number of aromatic nitrogens is 1. The van der Waals surface area contributed by atoms with Gasteiger partial charge < -0.3 is 19.7 Å². The second kappa shape index (κ2) is 8.57. The molecular weight excluding hydrogens is 340 g/mol. The number of aliphatic hydroxyl groups is 1. The summed E-state index contributed by atoms with van der Waals surface area (Å²) in [6.07, 6.45) is -0.317. The number of hydrogen-bond acceptors (Lipinski definition) is 6. The first kappa shape index (κ1) is 17.3. The summed E-state index contributed by atoms with van der Waals surface area (Å²) in [5, 5.41) is 19.5. The highest BCUT2D eigenvalue weighted by Gasteiger charge is 2.17. The Bertz CT molecular complexity index is 787. The Hall–Kier alpha value is -2.48. The average Bonchev–Trinajstić information content (AvgIpc) is 3.34. The molecule has 1 amide bonds. The Kier molecular flexibility index (Phi) is 5.95. The van der Waals surface area contributed by atoms with Crippen LogP contribution in [0.5, 0.6) is 0 Å². The van der Waals surface area contributed by atoms with Crippen molar-refractivity contribution in [3.63, 3.8) is 0 Å². The highest BCUT2D eigenvalue weighted by atomic mass is 32.1. The predicted octanol–water partition coefficient (Wildman–Crippen LogP) is 2.88. The molecule has 0 saturated heterocycles. The smallest absolute Gasteiger partial charge is 0.273 e. The predicted molar refractivity (Wildman–Crippen MR) is 94.4 cm³/mol. The average molecular weight is 358 g/mol. The van der Waals surface area contributed by atoms with E-state index in [1.54, 1.807) is 17.4 Å². The first-order valence-corrected chi connectivity index (χ1v) is 8.77. The summed E-state index contributed by atoms with van der Waals surface area (Å²) in [5.74, 6) is 0.204. The molecule has 0 aliphatic rings. The van der Waals surface area contributed by atoms with Gasteiger partial charge in [-0.3, -0.25) is 4.79 Å². The van der Waals surface area contributed by atoms with Crippen LogP contribution in [0.15, 0.2) is 57.7 Å². The summed E-state index contributed by atoms with van der Waals surface area (Å²) in [7, 11) is 0. The van der Waals surface area contributed by atoms with E-state index in [1.165, 1.54) is 0 Å². The van der Waals surface area contributed by atoms with Crippen LogP contribution in [-0.2, 0) is 4.74 Å². The number of nitrogens with zero attached hydrogens (tertiary/aromatic N) is 1. The molecule has 0 bridgehead atoms. The van der Waals surface area contributed by atoms with Crippen molar-refractivity contribution in [3.8, 4) is 11.3 Å². The van der Waals surface area contributed by atoms with E-state index in [-0.39, 0.29) is 37.5 Å². The SMILES string of the molecule is O=C(NCC(OCCO)c1ccsc1)c1cc(-c2ccccc2)on1. The third-order valence-electron chi connectivity index (χ3n) is 3.57. The summed E-state index contributed by atoms with van der Waals surface area (Å²) in [6, 6.07) is 13.0. The molecular formula is C18H18N2O4S. The maximum atomic E-state index is 12.3. The zero-order chi connectivity index (χ0) is 17.5. The Balaban J connectivity index is 1.62. The van der Waals surface area contributed by atoms with E-state index in [0.29, 0.717) is 5.76 Å². The molecule has 130 valence electrons. The van der Waals surface area contributed by atoms with E-state index in [1.807, 2.05) is 47.2 Å². The maximum Gasteiger partial charge on any atom is 0.273 e. The molecule has 0 saturated carbocycles. The summed E-state index contributed by atoms with van der Waals surface area (Å²) in [4.78, 5) is 12.3. The summed E-state index contributed by atoms with van der Waals surface area (Å²) in [6.45, 7) is 0.417. The van der Waals surface area contributed by atoms with Gasteiger partial charge in [-0.05, 0) is 22.4 Å². The van der Waals surface area contributed by atoms with Crippen LogP contribution in [0.2, 0.25) is 0 Å². The van der Waals surface area contributed by atoms with Gasteiger partial charge in [0.25, 0.3) is 5.91 Å². The van der Waals surface area contributed by atoms with E-state index in [2.05, 4.69) is 10.5 Å². The van der Waals surface area contributed by atoms with Crippen molar-refractivity contribution in [2.24, 2.45) is 0 Å². The molecule has 3 aromatic rings. The zero-order valence-corrected chi connectivity index (χ0v) is 14.2. The zero-order valence-electron chi connectivity index (χ0n) is 13.4. The van der Waals surface area contributed by atoms with Gasteiger partial charge in [-0.15, -0.1) is 0 Å². The van der Waals surface area contributed by atoms with Crippen molar-refractivity contribution < 1.29 is 19.2 Å². The highest BCUT2D eigenvalue weighted by molar-refractivity contribution is 7.07. The number of rotatable bonds is 8. The van der Waals surface area contributed by atoms with Gasteiger partial charge in [0.05, 0.1) is 13.2 Å². The van der Waals surface area contributed by atoms with Crippen LogP contribution in [0.1, 0.15) is 22.2 Å². The Morgan fingerprint density at radius 1 is 1.32 bits per heavy atom. The van der Waals surface area contributed by atoms with Crippen LogP contribution < -0.4 is 5.32 Å². The number of amides is 1. The lowest BCUT2D eigenvalue weighted by molar-refractivity contribution is 0.0279. The fourth-order valence-electron chi connectivity index (χ4n) is 2.32. The second-order valence-corrected chi connectivity index (χ2v) is 6.07. The van der Waals surface area contributed by atoms with Gasteiger partial charge in [0.2, 0.25) is 0 Å². The van der Waals surface area contributed by atoms with Gasteiger partial charge >= 0.3 is 0 Å². The van der Waals surface area contributed by atoms with Crippen LogP contribution in [-0.4, -0.2) is 35.9 Å². The van der Waals surface area contributed by atoms with Gasteiger partial charge in [-0.2, -0.15) is 11.3 Å². The molecule has 0 aliphatic carbocycles. The molecule has 1 atom stereocenters. The van der Waals surface area contributed by atoms with Crippen molar-refractivity contribution in [1.82, 2.24) is 10.5 Å². The molecule has 1 unspecified atom stereocenters. The number of carbonyl (C=O) groups excluding carboxylic acids is 1. The van der Waals surface area contributed by atoms with E-state index in [0.717, 1.165) is 11.1 Å². The van der Waals surface area contributed by atoms with Crippen LogP contribution in [0.4, 0.5) is 0 Å². The Morgan fingerprint density at radius 3 is 2.88 bits per heavy atom. The Morgan fingerprint density at radius 2 is 2.16 bits per heavy atom. The first-order valence-electron chi connectivity index (χ1n) is 7.83. The molecule has 0 spiro atoms. The summed E-state index contributed by atoms with van der Waals surface area (Å²) >= 11 is 1.55. The third kappa shape index (κ3) is 4.54. The van der Waals surface area contributed by atoms with Gasteiger partial charge in [-0.1, -0.05) is 35.5 Å². The minimum absolute atomic E-state index is 0.0711. The number of aliphatic hydroxyl groups excluding tert-OH is 1. The molecule has 6 nitrogen and oxygen atoms in total. The fraction of sp³-hybridized carbons (Fsp3) is 0.222. The number of nitrogens with one attached hydrogen (secondary N) is 1. The quantitative estimate of drug-likeness (QED) is 0.647. The third-order valence-corrected chi connectivity index (χ3v) is 4.28. The van der Waals surface area contributed by atoms with Crippen LogP contribution in [0.25, 0.3) is 11.3 Å². The van der Waals surface area contributed by atoms with Crippen LogP contribution >= 0.6 is 11.3 Å². The lowest BCUT2D eigenvalue weighted by atomic mass is 10.1. The Labute approximate surface area is 149 Å². The molecule has 25 heavy (non-hydrogen) atoms. The molecule has 3 rings (SSSR count). The molecule has 2 aromatic heterocycles. The molecule has 7 heteroatoms. The van der Waals surface area contributed by atoms with Crippen LogP contribution in [0.3, 0.4) is 0 Å². The minimum Gasteiger partial charge on any atom is -0.394 e. The number of ether oxygens (including phenoxy) is 1.